The number of benzene rings is 1. The molecule has 2 nitrogen and oxygen atoms in total. The molecule has 0 aromatic heterocycles. The number of methoxy groups -OCH3 is 1. The van der Waals surface area contributed by atoms with E-state index >= 15 is 0 Å². The third-order valence-electron chi connectivity index (χ3n) is 2.15. The second-order valence-electron chi connectivity index (χ2n) is 3.43. The van der Waals surface area contributed by atoms with Crippen LogP contribution in [-0.4, -0.2) is 27.3 Å². The van der Waals surface area contributed by atoms with E-state index in [1.54, 1.807) is 0 Å². The molecule has 1 aromatic carbocycles. The molecule has 0 radical (unpaired) electrons. The van der Waals surface area contributed by atoms with Crippen molar-refractivity contribution in [3.8, 4) is 5.75 Å². The summed E-state index contributed by atoms with van der Waals surface area (Å²) in [5, 5.41) is 0. The monoisotopic (exact) mass is 272 g/mol. The zero-order valence-corrected chi connectivity index (χ0v) is 13.3. The molecule has 1 rings (SSSR count). The summed E-state index contributed by atoms with van der Waals surface area (Å²) in [6.45, 7) is -2.79. The van der Waals surface area contributed by atoms with Crippen molar-refractivity contribution < 1.29 is 73.8 Å². The summed E-state index contributed by atoms with van der Waals surface area (Å²) in [4.78, 5) is 0. The molecule has 7 heteroatoms. The summed E-state index contributed by atoms with van der Waals surface area (Å²) in [6.07, 6.45) is 0. The van der Waals surface area contributed by atoms with Crippen molar-refractivity contribution in [1.82, 2.24) is 0 Å². The van der Waals surface area contributed by atoms with Crippen LogP contribution in [0.15, 0.2) is 18.2 Å². The molecule has 0 aliphatic heterocycles. The standard InChI is InChI=1S/C10H13BF3O2.K/c1-8-7-9(16-6-5-15-2)3-4-10(8)11(12,13)14;/h3-4,7H,5-6H2,1-2H3;/q-1;+1. The molecule has 0 amide bonds. The number of ether oxygens (including phenoxy) is 2. The summed E-state index contributed by atoms with van der Waals surface area (Å²) in [5.41, 5.74) is -0.387. The van der Waals surface area contributed by atoms with Gasteiger partial charge in [-0.25, -0.2) is 0 Å². The van der Waals surface area contributed by atoms with Gasteiger partial charge in [0, 0.05) is 7.11 Å². The minimum atomic E-state index is -4.94. The fourth-order valence-electron chi connectivity index (χ4n) is 1.35. The molecule has 0 unspecified atom stereocenters. The van der Waals surface area contributed by atoms with Gasteiger partial charge in [0.2, 0.25) is 0 Å². The molecule has 17 heavy (non-hydrogen) atoms. The van der Waals surface area contributed by atoms with Crippen LogP contribution in [0.25, 0.3) is 0 Å². The van der Waals surface area contributed by atoms with Gasteiger partial charge in [0.05, 0.1) is 6.61 Å². The first kappa shape index (κ1) is 17.5. The van der Waals surface area contributed by atoms with E-state index in [1.807, 2.05) is 0 Å². The largest absolute Gasteiger partial charge is 1.00 e. The second kappa shape index (κ2) is 7.81. The van der Waals surface area contributed by atoms with E-state index in [2.05, 4.69) is 0 Å². The quantitative estimate of drug-likeness (QED) is 0.510. The molecular weight excluding hydrogens is 259 g/mol. The fourth-order valence-corrected chi connectivity index (χ4v) is 1.35. The second-order valence-corrected chi connectivity index (χ2v) is 3.43. The molecule has 0 aliphatic rings. The van der Waals surface area contributed by atoms with Crippen LogP contribution in [-0.2, 0) is 4.74 Å². The van der Waals surface area contributed by atoms with Gasteiger partial charge in [-0.05, 0) is 19.1 Å². The SMILES string of the molecule is COCCOc1ccc([B-](F)(F)F)c(C)c1.[K+]. The van der Waals surface area contributed by atoms with Crippen LogP contribution in [0.1, 0.15) is 5.56 Å². The smallest absolute Gasteiger partial charge is 0.491 e. The van der Waals surface area contributed by atoms with Gasteiger partial charge >= 0.3 is 58.4 Å². The Hall–Kier alpha value is 0.471. The minimum absolute atomic E-state index is 0. The molecule has 0 saturated heterocycles. The predicted molar refractivity (Wildman–Crippen MR) is 57.3 cm³/mol. The van der Waals surface area contributed by atoms with E-state index in [0.717, 1.165) is 6.07 Å². The van der Waals surface area contributed by atoms with Crippen LogP contribution in [0.3, 0.4) is 0 Å². The Morgan fingerprint density at radius 3 is 2.29 bits per heavy atom. The van der Waals surface area contributed by atoms with Crippen molar-refractivity contribution in [3.63, 3.8) is 0 Å². The van der Waals surface area contributed by atoms with Gasteiger partial charge in [0.1, 0.15) is 12.4 Å². The van der Waals surface area contributed by atoms with Crippen molar-refractivity contribution in [3.05, 3.63) is 23.8 Å². The van der Waals surface area contributed by atoms with Crippen LogP contribution in [0.5, 0.6) is 5.75 Å². The van der Waals surface area contributed by atoms with Crippen molar-refractivity contribution in [2.24, 2.45) is 0 Å². The minimum Gasteiger partial charge on any atom is -0.491 e. The first-order valence-corrected chi connectivity index (χ1v) is 4.87. The van der Waals surface area contributed by atoms with Crippen LogP contribution < -0.4 is 61.6 Å². The zero-order chi connectivity index (χ0) is 12.2. The molecule has 0 spiro atoms. The summed E-state index contributed by atoms with van der Waals surface area (Å²) in [5.74, 6) is 0.429. The predicted octanol–water partition coefficient (Wildman–Crippen LogP) is -0.921. The van der Waals surface area contributed by atoms with E-state index < -0.39 is 12.4 Å². The van der Waals surface area contributed by atoms with Crippen molar-refractivity contribution in [1.29, 1.82) is 0 Å². The van der Waals surface area contributed by atoms with Crippen molar-refractivity contribution in [2.45, 2.75) is 6.92 Å². The molecule has 0 N–H and O–H groups in total. The summed E-state index contributed by atoms with van der Waals surface area (Å²) in [6, 6.07) is 3.77. The third kappa shape index (κ3) is 5.76. The number of hydrogen-bond donors (Lipinski definition) is 0. The van der Waals surface area contributed by atoms with Crippen molar-refractivity contribution in [2.75, 3.05) is 20.3 Å². The molecule has 0 atom stereocenters. The topological polar surface area (TPSA) is 18.5 Å². The van der Waals surface area contributed by atoms with E-state index in [-0.39, 0.29) is 56.9 Å². The summed E-state index contributed by atoms with van der Waals surface area (Å²) < 4.78 is 47.4. The van der Waals surface area contributed by atoms with Crippen molar-refractivity contribution >= 4 is 12.4 Å². The number of rotatable bonds is 5. The Morgan fingerprint density at radius 2 is 1.82 bits per heavy atom. The number of hydrogen-bond acceptors (Lipinski definition) is 2. The number of aryl methyl sites for hydroxylation is 1. The molecule has 0 aliphatic carbocycles. The van der Waals surface area contributed by atoms with Crippen LogP contribution in [0.2, 0.25) is 0 Å². The maximum absolute atomic E-state index is 12.5. The molecular formula is C10H13BF3KO2. The molecule has 90 valence electrons. The molecule has 1 aromatic rings. The molecule has 0 saturated carbocycles. The summed E-state index contributed by atoms with van der Waals surface area (Å²) >= 11 is 0. The summed E-state index contributed by atoms with van der Waals surface area (Å²) in [7, 11) is 1.53. The fraction of sp³-hybridized carbons (Fsp3) is 0.400. The maximum atomic E-state index is 12.5. The first-order valence-electron chi connectivity index (χ1n) is 4.87. The van der Waals surface area contributed by atoms with Gasteiger partial charge < -0.3 is 22.4 Å². The molecule has 0 bridgehead atoms. The van der Waals surface area contributed by atoms with E-state index in [0.29, 0.717) is 19.0 Å². The Bertz CT molecular complexity index is 358. The van der Waals surface area contributed by atoms with Gasteiger partial charge in [-0.1, -0.05) is 11.6 Å². The van der Waals surface area contributed by atoms with E-state index in [4.69, 9.17) is 9.47 Å². The average Bonchev–Trinajstić information content (AvgIpc) is 2.16. The Labute approximate surface area is 141 Å². The third-order valence-corrected chi connectivity index (χ3v) is 2.15. The van der Waals surface area contributed by atoms with Gasteiger partial charge in [-0.3, -0.25) is 0 Å². The van der Waals surface area contributed by atoms with Crippen LogP contribution >= 0.6 is 0 Å². The van der Waals surface area contributed by atoms with E-state index in [1.165, 1.54) is 26.2 Å². The van der Waals surface area contributed by atoms with Gasteiger partial charge in [-0.2, -0.15) is 0 Å². The maximum Gasteiger partial charge on any atom is 1.00 e. The first-order chi connectivity index (χ1) is 7.45. The van der Waals surface area contributed by atoms with E-state index in [9.17, 15) is 12.9 Å². The van der Waals surface area contributed by atoms with Crippen LogP contribution in [0.4, 0.5) is 12.9 Å². The zero-order valence-electron chi connectivity index (χ0n) is 10.2. The van der Waals surface area contributed by atoms with Gasteiger partial charge in [0.15, 0.2) is 0 Å². The number of halogens is 3. The van der Waals surface area contributed by atoms with Gasteiger partial charge in [0.25, 0.3) is 0 Å². The molecule has 0 fully saturated rings. The normalized spacial score (nSPS) is 10.9. The van der Waals surface area contributed by atoms with Crippen LogP contribution in [0, 0.1) is 6.92 Å². The average molecular weight is 272 g/mol. The Kier molecular flexibility index (Phi) is 8.02. The Morgan fingerprint density at radius 1 is 1.18 bits per heavy atom. The van der Waals surface area contributed by atoms with Gasteiger partial charge in [-0.15, -0.1) is 5.46 Å². The molecule has 0 heterocycles. The Balaban J connectivity index is 0.00000256.